The number of nitrogens with zero attached hydrogens (tertiary/aromatic N) is 1. The first kappa shape index (κ1) is 14.0. The van der Waals surface area contributed by atoms with Gasteiger partial charge < -0.3 is 16.2 Å². The van der Waals surface area contributed by atoms with Gasteiger partial charge in [0.1, 0.15) is 5.60 Å². The topological polar surface area (TPSA) is 70.6 Å². The minimum Gasteiger partial charge on any atom is -0.383 e. The number of hydrogen-bond acceptors (Lipinski definition) is 3. The fourth-order valence-electron chi connectivity index (χ4n) is 1.33. The highest BCUT2D eigenvalue weighted by Crippen LogP contribution is 2.25. The Balaban J connectivity index is 2.63. The van der Waals surface area contributed by atoms with Crippen molar-refractivity contribution in [3.63, 3.8) is 0 Å². The maximum absolute atomic E-state index is 10.2. The Kier molecular flexibility index (Phi) is 4.16. The van der Waals surface area contributed by atoms with E-state index in [1.165, 1.54) is 11.3 Å². The molecule has 1 atom stereocenters. The highest BCUT2D eigenvalue weighted by molar-refractivity contribution is 7.10. The summed E-state index contributed by atoms with van der Waals surface area (Å²) in [6.45, 7) is 8.02. The van der Waals surface area contributed by atoms with Crippen molar-refractivity contribution in [2.75, 3.05) is 6.54 Å². The molecule has 5 heteroatoms. The molecular weight excluding hydrogens is 234 g/mol. The van der Waals surface area contributed by atoms with Crippen molar-refractivity contribution in [1.82, 2.24) is 5.32 Å². The van der Waals surface area contributed by atoms with Crippen LogP contribution in [0.4, 0.5) is 0 Å². The quantitative estimate of drug-likeness (QED) is 0.568. The van der Waals surface area contributed by atoms with Gasteiger partial charge in [0.2, 0.25) is 0 Å². The molecule has 1 rings (SSSR count). The Morgan fingerprint density at radius 1 is 1.47 bits per heavy atom. The van der Waals surface area contributed by atoms with Crippen molar-refractivity contribution in [3.05, 3.63) is 22.4 Å². The molecule has 0 spiro atoms. The molecular formula is C12H21N3OS. The molecule has 1 aromatic rings. The summed E-state index contributed by atoms with van der Waals surface area (Å²) < 4.78 is 0. The zero-order valence-electron chi connectivity index (χ0n) is 10.8. The molecule has 1 unspecified atom stereocenters. The van der Waals surface area contributed by atoms with E-state index < -0.39 is 5.60 Å². The van der Waals surface area contributed by atoms with Crippen LogP contribution < -0.4 is 11.1 Å². The van der Waals surface area contributed by atoms with E-state index in [4.69, 9.17) is 5.73 Å². The summed E-state index contributed by atoms with van der Waals surface area (Å²) in [5, 5.41) is 15.2. The third kappa shape index (κ3) is 4.75. The van der Waals surface area contributed by atoms with Crippen molar-refractivity contribution in [2.45, 2.75) is 38.8 Å². The number of nitrogens with two attached hydrogens (primary N) is 1. The maximum atomic E-state index is 10.2. The molecule has 0 amide bonds. The number of hydrogen-bond donors (Lipinski definition) is 3. The van der Waals surface area contributed by atoms with Crippen molar-refractivity contribution in [2.24, 2.45) is 10.7 Å². The molecule has 0 bridgehead atoms. The predicted octanol–water partition coefficient (Wildman–Crippen LogP) is 1.66. The summed E-state index contributed by atoms with van der Waals surface area (Å²) in [6, 6.07) is 3.81. The normalized spacial score (nSPS) is 16.6. The lowest BCUT2D eigenvalue weighted by Gasteiger charge is -2.23. The molecule has 1 heterocycles. The first-order valence-corrected chi connectivity index (χ1v) is 6.43. The molecule has 0 saturated carbocycles. The Morgan fingerprint density at radius 2 is 2.12 bits per heavy atom. The van der Waals surface area contributed by atoms with Gasteiger partial charge in [0, 0.05) is 10.4 Å². The molecule has 0 aliphatic heterocycles. The first-order valence-electron chi connectivity index (χ1n) is 5.55. The van der Waals surface area contributed by atoms with Crippen molar-refractivity contribution < 1.29 is 5.11 Å². The molecule has 1 aromatic heterocycles. The summed E-state index contributed by atoms with van der Waals surface area (Å²) in [5.41, 5.74) is 4.67. The largest absolute Gasteiger partial charge is 0.383 e. The van der Waals surface area contributed by atoms with Crippen LogP contribution in [0.2, 0.25) is 0 Å². The summed E-state index contributed by atoms with van der Waals surface area (Å²) in [4.78, 5) is 5.07. The first-order chi connectivity index (χ1) is 7.71. The van der Waals surface area contributed by atoms with Crippen LogP contribution >= 0.6 is 11.3 Å². The van der Waals surface area contributed by atoms with Crippen LogP contribution in [-0.4, -0.2) is 23.1 Å². The van der Waals surface area contributed by atoms with E-state index in [1.54, 1.807) is 6.92 Å². The van der Waals surface area contributed by atoms with Gasteiger partial charge in [0.05, 0.1) is 6.54 Å². The van der Waals surface area contributed by atoms with Crippen molar-refractivity contribution >= 4 is 17.3 Å². The zero-order chi connectivity index (χ0) is 13.1. The molecule has 0 aromatic carbocycles. The average Bonchev–Trinajstić information content (AvgIpc) is 2.65. The molecule has 0 aliphatic rings. The molecule has 0 saturated heterocycles. The van der Waals surface area contributed by atoms with Crippen LogP contribution in [0.5, 0.6) is 0 Å². The van der Waals surface area contributed by atoms with Gasteiger partial charge in [-0.25, -0.2) is 0 Å². The van der Waals surface area contributed by atoms with Crippen LogP contribution in [0.3, 0.4) is 0 Å². The Bertz CT molecular complexity index is 377. The van der Waals surface area contributed by atoms with E-state index >= 15 is 0 Å². The van der Waals surface area contributed by atoms with Gasteiger partial charge in [-0.05, 0) is 39.1 Å². The number of aliphatic hydroxyl groups is 1. The van der Waals surface area contributed by atoms with Crippen LogP contribution in [0, 0.1) is 0 Å². The standard InChI is InChI=1S/C12H21N3OS/c1-11(2,3)15-10(13)14-8-12(4,16)9-6-5-7-17-9/h5-7,16H,8H2,1-4H3,(H3,13,14,15). The summed E-state index contributed by atoms with van der Waals surface area (Å²) >= 11 is 1.51. The third-order valence-electron chi connectivity index (χ3n) is 2.11. The van der Waals surface area contributed by atoms with E-state index in [2.05, 4.69) is 10.3 Å². The Morgan fingerprint density at radius 3 is 2.59 bits per heavy atom. The number of aliphatic imine (C=N–C) groups is 1. The van der Waals surface area contributed by atoms with E-state index in [-0.39, 0.29) is 12.1 Å². The molecule has 17 heavy (non-hydrogen) atoms. The minimum atomic E-state index is -0.960. The summed E-state index contributed by atoms with van der Waals surface area (Å²) in [5.74, 6) is 0.356. The van der Waals surface area contributed by atoms with E-state index in [0.717, 1.165) is 4.88 Å². The lowest BCUT2D eigenvalue weighted by atomic mass is 10.1. The maximum Gasteiger partial charge on any atom is 0.189 e. The third-order valence-corrected chi connectivity index (χ3v) is 3.24. The number of nitrogens with one attached hydrogen (secondary N) is 1. The van der Waals surface area contributed by atoms with Crippen LogP contribution in [0.15, 0.2) is 22.5 Å². The van der Waals surface area contributed by atoms with E-state index in [1.807, 2.05) is 38.3 Å². The fraction of sp³-hybridized carbons (Fsp3) is 0.583. The molecule has 4 nitrogen and oxygen atoms in total. The van der Waals surface area contributed by atoms with Gasteiger partial charge in [0.15, 0.2) is 5.96 Å². The van der Waals surface area contributed by atoms with Crippen molar-refractivity contribution in [3.8, 4) is 0 Å². The monoisotopic (exact) mass is 255 g/mol. The molecule has 0 aliphatic carbocycles. The highest BCUT2D eigenvalue weighted by atomic mass is 32.1. The second-order valence-corrected chi connectivity index (χ2v) is 6.28. The van der Waals surface area contributed by atoms with Gasteiger partial charge in [-0.15, -0.1) is 11.3 Å². The lowest BCUT2D eigenvalue weighted by Crippen LogP contribution is -2.45. The number of guanidine groups is 1. The van der Waals surface area contributed by atoms with Crippen LogP contribution in [0.25, 0.3) is 0 Å². The summed E-state index contributed by atoms with van der Waals surface area (Å²) in [7, 11) is 0. The minimum absolute atomic E-state index is 0.123. The number of rotatable bonds is 3. The molecule has 96 valence electrons. The van der Waals surface area contributed by atoms with Crippen LogP contribution in [0.1, 0.15) is 32.6 Å². The van der Waals surface area contributed by atoms with Crippen molar-refractivity contribution in [1.29, 1.82) is 0 Å². The SMILES string of the molecule is CC(C)(C)NC(N)=NCC(C)(O)c1cccs1. The van der Waals surface area contributed by atoms with Crippen LogP contribution in [-0.2, 0) is 5.60 Å². The molecule has 0 fully saturated rings. The predicted molar refractivity (Wildman–Crippen MR) is 73.3 cm³/mol. The fourth-order valence-corrected chi connectivity index (χ4v) is 2.11. The number of thiophene rings is 1. The average molecular weight is 255 g/mol. The summed E-state index contributed by atoms with van der Waals surface area (Å²) in [6.07, 6.45) is 0. The Labute approximate surface area is 107 Å². The Hall–Kier alpha value is -1.07. The lowest BCUT2D eigenvalue weighted by molar-refractivity contribution is 0.0711. The van der Waals surface area contributed by atoms with Gasteiger partial charge >= 0.3 is 0 Å². The molecule has 0 radical (unpaired) electrons. The van der Waals surface area contributed by atoms with Gasteiger partial charge in [-0.3, -0.25) is 4.99 Å². The molecule has 4 N–H and O–H groups in total. The van der Waals surface area contributed by atoms with Gasteiger partial charge in [-0.2, -0.15) is 0 Å². The second kappa shape index (κ2) is 5.06. The zero-order valence-corrected chi connectivity index (χ0v) is 11.6. The second-order valence-electron chi connectivity index (χ2n) is 5.33. The smallest absolute Gasteiger partial charge is 0.189 e. The van der Waals surface area contributed by atoms with Gasteiger partial charge in [-0.1, -0.05) is 6.07 Å². The highest BCUT2D eigenvalue weighted by Gasteiger charge is 2.24. The van der Waals surface area contributed by atoms with E-state index in [9.17, 15) is 5.11 Å². The van der Waals surface area contributed by atoms with Gasteiger partial charge in [0.25, 0.3) is 0 Å². The van der Waals surface area contributed by atoms with E-state index in [0.29, 0.717) is 5.96 Å².